The summed E-state index contributed by atoms with van der Waals surface area (Å²) in [4.78, 5) is 15.8. The maximum absolute atomic E-state index is 11.8. The van der Waals surface area contributed by atoms with Crippen molar-refractivity contribution in [3.63, 3.8) is 0 Å². The van der Waals surface area contributed by atoms with Gasteiger partial charge in [0.1, 0.15) is 6.33 Å². The molecule has 0 saturated heterocycles. The number of aromatic nitrogens is 5. The van der Waals surface area contributed by atoms with E-state index in [1.54, 1.807) is 30.6 Å². The minimum atomic E-state index is -0.209. The predicted molar refractivity (Wildman–Crippen MR) is 81.1 cm³/mol. The normalized spacial score (nSPS) is 10.7. The second kappa shape index (κ2) is 6.40. The third-order valence-electron chi connectivity index (χ3n) is 2.86. The Balaban J connectivity index is 1.63. The zero-order valence-electron chi connectivity index (χ0n) is 11.5. The summed E-state index contributed by atoms with van der Waals surface area (Å²) in [6, 6.07) is 10.9. The van der Waals surface area contributed by atoms with E-state index >= 15 is 0 Å². The van der Waals surface area contributed by atoms with Crippen LogP contribution in [-0.4, -0.2) is 31.1 Å². The molecule has 0 unspecified atom stereocenters. The van der Waals surface area contributed by atoms with E-state index in [4.69, 9.17) is 0 Å². The number of hydrogen-bond donors (Lipinski definition) is 1. The summed E-state index contributed by atoms with van der Waals surface area (Å²) >= 11 is 0. The largest absolute Gasteiger partial charge is 0.323 e. The third-order valence-corrected chi connectivity index (χ3v) is 2.86. The molecule has 3 rings (SSSR count). The van der Waals surface area contributed by atoms with E-state index in [1.165, 1.54) is 17.1 Å². The number of tetrazole rings is 1. The minimum absolute atomic E-state index is 0.209. The Kier molecular flexibility index (Phi) is 3.96. The van der Waals surface area contributed by atoms with Crippen LogP contribution < -0.4 is 5.32 Å². The summed E-state index contributed by atoms with van der Waals surface area (Å²) < 4.78 is 1.54. The molecule has 0 bridgehead atoms. The lowest BCUT2D eigenvalue weighted by atomic mass is 10.2. The third kappa shape index (κ3) is 3.40. The molecule has 2 aromatic heterocycles. The second-order valence-corrected chi connectivity index (χ2v) is 4.41. The quantitative estimate of drug-likeness (QED) is 0.740. The number of pyridine rings is 1. The summed E-state index contributed by atoms with van der Waals surface area (Å²) in [6.45, 7) is 0. The lowest BCUT2D eigenvalue weighted by molar-refractivity contribution is -0.111. The molecule has 1 aromatic carbocycles. The Hall–Kier alpha value is -3.35. The molecular formula is C15H12N6O. The van der Waals surface area contributed by atoms with Crippen LogP contribution in [0, 0.1) is 0 Å². The van der Waals surface area contributed by atoms with Gasteiger partial charge in [-0.3, -0.25) is 9.78 Å². The van der Waals surface area contributed by atoms with Gasteiger partial charge in [0.15, 0.2) is 0 Å². The Morgan fingerprint density at radius 3 is 2.73 bits per heavy atom. The van der Waals surface area contributed by atoms with Crippen LogP contribution in [0.25, 0.3) is 11.8 Å². The molecule has 7 heteroatoms. The first kappa shape index (κ1) is 13.6. The van der Waals surface area contributed by atoms with Crippen LogP contribution in [0.2, 0.25) is 0 Å². The van der Waals surface area contributed by atoms with Crippen molar-refractivity contribution in [2.24, 2.45) is 0 Å². The van der Waals surface area contributed by atoms with E-state index in [-0.39, 0.29) is 5.91 Å². The van der Waals surface area contributed by atoms with Gasteiger partial charge >= 0.3 is 0 Å². The van der Waals surface area contributed by atoms with Gasteiger partial charge in [-0.2, -0.15) is 0 Å². The van der Waals surface area contributed by atoms with Crippen LogP contribution in [-0.2, 0) is 4.79 Å². The summed E-state index contributed by atoms with van der Waals surface area (Å²) in [6.07, 6.45) is 8.04. The number of anilines is 1. The molecule has 22 heavy (non-hydrogen) atoms. The first-order chi connectivity index (χ1) is 10.8. The molecule has 0 aliphatic heterocycles. The van der Waals surface area contributed by atoms with Crippen molar-refractivity contribution in [1.82, 2.24) is 25.2 Å². The fraction of sp³-hybridized carbons (Fsp3) is 0. The minimum Gasteiger partial charge on any atom is -0.323 e. The summed E-state index contributed by atoms with van der Waals surface area (Å²) in [5.74, 6) is -0.209. The summed E-state index contributed by atoms with van der Waals surface area (Å²) in [5.41, 5.74) is 2.37. The number of rotatable bonds is 4. The first-order valence-corrected chi connectivity index (χ1v) is 6.54. The molecule has 108 valence electrons. The van der Waals surface area contributed by atoms with Gasteiger partial charge in [0.2, 0.25) is 5.91 Å². The molecule has 0 aliphatic rings. The number of nitrogens with zero attached hydrogens (tertiary/aromatic N) is 5. The Morgan fingerprint density at radius 2 is 2.05 bits per heavy atom. The van der Waals surface area contributed by atoms with Crippen molar-refractivity contribution < 1.29 is 4.79 Å². The number of amides is 1. The molecule has 0 atom stereocenters. The lowest BCUT2D eigenvalue weighted by Crippen LogP contribution is -2.07. The molecule has 0 fully saturated rings. The molecule has 1 N–H and O–H groups in total. The van der Waals surface area contributed by atoms with Crippen molar-refractivity contribution in [3.05, 3.63) is 66.8 Å². The van der Waals surface area contributed by atoms with Gasteiger partial charge in [-0.1, -0.05) is 6.07 Å². The highest BCUT2D eigenvalue weighted by Gasteiger charge is 2.00. The van der Waals surface area contributed by atoms with Crippen molar-refractivity contribution in [2.45, 2.75) is 0 Å². The van der Waals surface area contributed by atoms with Crippen LogP contribution in [0.4, 0.5) is 5.69 Å². The molecule has 2 heterocycles. The zero-order chi connectivity index (χ0) is 15.2. The zero-order valence-corrected chi connectivity index (χ0v) is 11.5. The van der Waals surface area contributed by atoms with E-state index in [0.29, 0.717) is 5.69 Å². The van der Waals surface area contributed by atoms with Crippen LogP contribution in [0.5, 0.6) is 0 Å². The van der Waals surface area contributed by atoms with Gasteiger partial charge in [-0.15, -0.1) is 5.10 Å². The van der Waals surface area contributed by atoms with Crippen LogP contribution in [0.15, 0.2) is 61.2 Å². The molecule has 7 nitrogen and oxygen atoms in total. The molecule has 1 amide bonds. The summed E-state index contributed by atoms with van der Waals surface area (Å²) in [7, 11) is 0. The monoisotopic (exact) mass is 292 g/mol. The average Bonchev–Trinajstić information content (AvgIpc) is 3.09. The first-order valence-electron chi connectivity index (χ1n) is 6.54. The van der Waals surface area contributed by atoms with E-state index in [0.717, 1.165) is 11.3 Å². The number of carbonyl (C=O) groups is 1. The Morgan fingerprint density at radius 1 is 1.18 bits per heavy atom. The van der Waals surface area contributed by atoms with Crippen molar-refractivity contribution in [2.75, 3.05) is 5.32 Å². The van der Waals surface area contributed by atoms with Crippen LogP contribution >= 0.6 is 0 Å². The van der Waals surface area contributed by atoms with E-state index in [1.807, 2.05) is 24.3 Å². The number of nitrogens with one attached hydrogen (secondary N) is 1. The van der Waals surface area contributed by atoms with Gasteiger partial charge in [0.25, 0.3) is 0 Å². The SMILES string of the molecule is O=C(C=Cc1cccnc1)Nc1ccc(-n2cnnn2)cc1. The molecule has 0 spiro atoms. The van der Waals surface area contributed by atoms with Crippen molar-refractivity contribution >= 4 is 17.7 Å². The Labute approximate surface area is 126 Å². The smallest absolute Gasteiger partial charge is 0.248 e. The molecule has 0 aliphatic carbocycles. The number of carbonyl (C=O) groups excluding carboxylic acids is 1. The van der Waals surface area contributed by atoms with Gasteiger partial charge in [-0.25, -0.2) is 4.68 Å². The highest BCUT2D eigenvalue weighted by molar-refractivity contribution is 6.01. The average molecular weight is 292 g/mol. The van der Waals surface area contributed by atoms with Gasteiger partial charge < -0.3 is 5.32 Å². The second-order valence-electron chi connectivity index (χ2n) is 4.41. The molecule has 0 radical (unpaired) electrons. The Bertz CT molecular complexity index is 766. The molecule has 0 saturated carbocycles. The summed E-state index contributed by atoms with van der Waals surface area (Å²) in [5, 5.41) is 13.7. The van der Waals surface area contributed by atoms with E-state index < -0.39 is 0 Å². The van der Waals surface area contributed by atoms with E-state index in [9.17, 15) is 4.79 Å². The van der Waals surface area contributed by atoms with E-state index in [2.05, 4.69) is 25.8 Å². The van der Waals surface area contributed by atoms with Gasteiger partial charge in [-0.05, 0) is 52.4 Å². The molecular weight excluding hydrogens is 280 g/mol. The number of hydrogen-bond acceptors (Lipinski definition) is 5. The van der Waals surface area contributed by atoms with Crippen molar-refractivity contribution in [3.8, 4) is 5.69 Å². The maximum atomic E-state index is 11.8. The molecule has 3 aromatic rings. The fourth-order valence-electron chi connectivity index (χ4n) is 1.81. The number of benzene rings is 1. The van der Waals surface area contributed by atoms with Crippen molar-refractivity contribution in [1.29, 1.82) is 0 Å². The maximum Gasteiger partial charge on any atom is 0.248 e. The predicted octanol–water partition coefficient (Wildman–Crippen LogP) is 1.71. The highest BCUT2D eigenvalue weighted by Crippen LogP contribution is 2.12. The van der Waals surface area contributed by atoms with Crippen LogP contribution in [0.3, 0.4) is 0 Å². The fourth-order valence-corrected chi connectivity index (χ4v) is 1.81. The standard InChI is InChI=1S/C15H12N6O/c22-15(8-3-12-2-1-9-16-10-12)18-13-4-6-14(7-5-13)21-11-17-19-20-21/h1-11H,(H,18,22). The van der Waals surface area contributed by atoms with Crippen LogP contribution in [0.1, 0.15) is 5.56 Å². The lowest BCUT2D eigenvalue weighted by Gasteiger charge is -2.03. The van der Waals surface area contributed by atoms with Gasteiger partial charge in [0.05, 0.1) is 5.69 Å². The topological polar surface area (TPSA) is 85.6 Å². The highest BCUT2D eigenvalue weighted by atomic mass is 16.1. The van der Waals surface area contributed by atoms with Gasteiger partial charge in [0, 0.05) is 24.2 Å².